The number of aromatic nitrogens is 2. The van der Waals surface area contributed by atoms with E-state index in [2.05, 4.69) is 40.0 Å². The first-order valence-corrected chi connectivity index (χ1v) is 9.99. The van der Waals surface area contributed by atoms with Gasteiger partial charge in [0.2, 0.25) is 0 Å². The maximum absolute atomic E-state index is 11.5. The van der Waals surface area contributed by atoms with Gasteiger partial charge in [-0.3, -0.25) is 9.58 Å². The van der Waals surface area contributed by atoms with E-state index in [9.17, 15) is 5.11 Å². The molecule has 6 heteroatoms. The van der Waals surface area contributed by atoms with Crippen LogP contribution in [0.25, 0.3) is 0 Å². The second-order valence-corrected chi connectivity index (χ2v) is 8.14. The van der Waals surface area contributed by atoms with Gasteiger partial charge in [0.25, 0.3) is 0 Å². The molecule has 1 saturated heterocycles. The number of aliphatic hydroxyl groups is 1. The van der Waals surface area contributed by atoms with Crippen LogP contribution in [0.4, 0.5) is 0 Å². The zero-order valence-electron chi connectivity index (χ0n) is 16.4. The van der Waals surface area contributed by atoms with E-state index in [0.717, 1.165) is 63.4 Å². The van der Waals surface area contributed by atoms with Crippen molar-refractivity contribution in [1.82, 2.24) is 24.9 Å². The SMILES string of the molecule is CN(C)[C@@H]1CN(Cc2cc3n(n2)CCCNC3)CC[C@]1(O)c1ccccc1. The summed E-state index contributed by atoms with van der Waals surface area (Å²) in [5.41, 5.74) is 2.63. The van der Waals surface area contributed by atoms with E-state index in [1.54, 1.807) is 0 Å². The van der Waals surface area contributed by atoms with Crippen LogP contribution in [0.5, 0.6) is 0 Å². The van der Waals surface area contributed by atoms with Crippen LogP contribution in [0.1, 0.15) is 29.8 Å². The Kier molecular flexibility index (Phi) is 5.32. The van der Waals surface area contributed by atoms with Gasteiger partial charge >= 0.3 is 0 Å². The monoisotopic (exact) mass is 369 g/mol. The highest BCUT2D eigenvalue weighted by atomic mass is 16.3. The van der Waals surface area contributed by atoms with Crippen LogP contribution >= 0.6 is 0 Å². The van der Waals surface area contributed by atoms with E-state index in [-0.39, 0.29) is 6.04 Å². The highest BCUT2D eigenvalue weighted by Crippen LogP contribution is 2.35. The number of fused-ring (bicyclic) bond motifs is 1. The summed E-state index contributed by atoms with van der Waals surface area (Å²) >= 11 is 0. The second kappa shape index (κ2) is 7.72. The normalized spacial score (nSPS) is 26.7. The van der Waals surface area contributed by atoms with E-state index in [1.807, 2.05) is 30.3 Å². The fraction of sp³-hybridized carbons (Fsp3) is 0.571. The molecule has 4 rings (SSSR count). The maximum Gasteiger partial charge on any atom is 0.107 e. The van der Waals surface area contributed by atoms with Crippen LogP contribution in [0.2, 0.25) is 0 Å². The zero-order valence-corrected chi connectivity index (χ0v) is 16.4. The highest BCUT2D eigenvalue weighted by Gasteiger charge is 2.44. The largest absolute Gasteiger partial charge is 0.383 e. The molecule has 3 heterocycles. The van der Waals surface area contributed by atoms with Crippen molar-refractivity contribution in [2.75, 3.05) is 33.7 Å². The molecule has 1 fully saturated rings. The smallest absolute Gasteiger partial charge is 0.107 e. The standard InChI is InChI=1S/C21H31N5O/c1-24(2)20-16-25(12-9-21(20,27)17-7-4-3-5-8-17)15-18-13-19-14-22-10-6-11-26(19)23-18/h3-5,7-8,13,20,22,27H,6,9-12,14-16H2,1-2H3/t20-,21+/m1/s1. The van der Waals surface area contributed by atoms with Crippen molar-refractivity contribution in [1.29, 1.82) is 0 Å². The van der Waals surface area contributed by atoms with Gasteiger partial charge < -0.3 is 15.3 Å². The molecule has 2 aromatic rings. The van der Waals surface area contributed by atoms with Gasteiger partial charge in [0.05, 0.1) is 17.4 Å². The van der Waals surface area contributed by atoms with E-state index in [0.29, 0.717) is 0 Å². The predicted molar refractivity (Wildman–Crippen MR) is 106 cm³/mol. The minimum absolute atomic E-state index is 0.0516. The number of nitrogens with zero attached hydrogens (tertiary/aromatic N) is 4. The highest BCUT2D eigenvalue weighted by molar-refractivity contribution is 5.26. The maximum atomic E-state index is 11.5. The summed E-state index contributed by atoms with van der Waals surface area (Å²) < 4.78 is 2.16. The van der Waals surface area contributed by atoms with E-state index in [4.69, 9.17) is 5.10 Å². The Bertz CT molecular complexity index is 736. The molecule has 2 aliphatic rings. The Morgan fingerprint density at radius 1 is 1.26 bits per heavy atom. The molecule has 2 N–H and O–H groups in total. The molecule has 2 atom stereocenters. The van der Waals surface area contributed by atoms with Gasteiger partial charge in [0.15, 0.2) is 0 Å². The molecule has 0 bridgehead atoms. The number of hydrogen-bond acceptors (Lipinski definition) is 5. The van der Waals surface area contributed by atoms with Crippen LogP contribution in [-0.4, -0.2) is 64.5 Å². The molecule has 0 spiro atoms. The van der Waals surface area contributed by atoms with E-state index >= 15 is 0 Å². The lowest BCUT2D eigenvalue weighted by Crippen LogP contribution is -2.58. The Labute approximate surface area is 161 Å². The van der Waals surface area contributed by atoms with Crippen molar-refractivity contribution in [3.05, 3.63) is 53.3 Å². The van der Waals surface area contributed by atoms with Crippen molar-refractivity contribution in [2.45, 2.75) is 44.1 Å². The number of benzene rings is 1. The lowest BCUT2D eigenvalue weighted by atomic mass is 9.80. The number of rotatable bonds is 4. The summed E-state index contributed by atoms with van der Waals surface area (Å²) in [6.07, 6.45) is 1.86. The minimum Gasteiger partial charge on any atom is -0.383 e. The Morgan fingerprint density at radius 3 is 2.85 bits per heavy atom. The number of nitrogens with one attached hydrogen (secondary N) is 1. The van der Waals surface area contributed by atoms with E-state index < -0.39 is 5.60 Å². The molecule has 6 nitrogen and oxygen atoms in total. The van der Waals surface area contributed by atoms with Crippen molar-refractivity contribution in [3.8, 4) is 0 Å². The van der Waals surface area contributed by atoms with Gasteiger partial charge in [0, 0.05) is 32.7 Å². The number of aryl methyl sites for hydroxylation is 1. The Balaban J connectivity index is 1.49. The topological polar surface area (TPSA) is 56.6 Å². The molecule has 0 unspecified atom stereocenters. The quantitative estimate of drug-likeness (QED) is 0.853. The third-order valence-corrected chi connectivity index (χ3v) is 6.02. The molecule has 146 valence electrons. The number of piperidine rings is 1. The summed E-state index contributed by atoms with van der Waals surface area (Å²) in [5, 5.41) is 19.8. The number of likely N-dealkylation sites (tertiary alicyclic amines) is 1. The molecule has 1 aromatic heterocycles. The molecule has 0 amide bonds. The molecule has 0 saturated carbocycles. The van der Waals surface area contributed by atoms with Crippen molar-refractivity contribution >= 4 is 0 Å². The Hall–Kier alpha value is -1.73. The first-order chi connectivity index (χ1) is 13.1. The molecule has 0 radical (unpaired) electrons. The molecule has 27 heavy (non-hydrogen) atoms. The van der Waals surface area contributed by atoms with Crippen molar-refractivity contribution in [2.24, 2.45) is 0 Å². The van der Waals surface area contributed by atoms with Gasteiger partial charge in [-0.1, -0.05) is 30.3 Å². The minimum atomic E-state index is -0.809. The Morgan fingerprint density at radius 2 is 2.07 bits per heavy atom. The fourth-order valence-electron chi connectivity index (χ4n) is 4.51. The predicted octanol–water partition coefficient (Wildman–Crippen LogP) is 1.40. The third kappa shape index (κ3) is 3.80. The van der Waals surface area contributed by atoms with Gasteiger partial charge in [0.1, 0.15) is 5.60 Å². The van der Waals surface area contributed by atoms with Crippen LogP contribution in [0.3, 0.4) is 0 Å². The molecular formula is C21H31N5O. The first kappa shape index (κ1) is 18.6. The van der Waals surface area contributed by atoms with Crippen LogP contribution < -0.4 is 5.32 Å². The lowest BCUT2D eigenvalue weighted by molar-refractivity contribution is -0.0894. The van der Waals surface area contributed by atoms with Gasteiger partial charge in [-0.05, 0) is 45.1 Å². The van der Waals surface area contributed by atoms with Gasteiger partial charge in [-0.25, -0.2) is 0 Å². The molecule has 1 aromatic carbocycles. The molecular weight excluding hydrogens is 338 g/mol. The summed E-state index contributed by atoms with van der Waals surface area (Å²) in [5.74, 6) is 0. The number of likely N-dealkylation sites (N-methyl/N-ethyl adjacent to an activating group) is 1. The summed E-state index contributed by atoms with van der Waals surface area (Å²) in [6, 6.07) is 12.4. The fourth-order valence-corrected chi connectivity index (χ4v) is 4.51. The first-order valence-electron chi connectivity index (χ1n) is 9.99. The van der Waals surface area contributed by atoms with Crippen LogP contribution in [0.15, 0.2) is 36.4 Å². The average molecular weight is 370 g/mol. The van der Waals surface area contributed by atoms with Crippen molar-refractivity contribution in [3.63, 3.8) is 0 Å². The third-order valence-electron chi connectivity index (χ3n) is 6.02. The lowest BCUT2D eigenvalue weighted by Gasteiger charge is -2.47. The van der Waals surface area contributed by atoms with E-state index in [1.165, 1.54) is 5.69 Å². The van der Waals surface area contributed by atoms with Crippen LogP contribution in [0, 0.1) is 0 Å². The van der Waals surface area contributed by atoms with Crippen molar-refractivity contribution < 1.29 is 5.11 Å². The summed E-state index contributed by atoms with van der Waals surface area (Å²) in [4.78, 5) is 4.59. The van der Waals surface area contributed by atoms with Gasteiger partial charge in [-0.2, -0.15) is 5.10 Å². The summed E-state index contributed by atoms with van der Waals surface area (Å²) in [6.45, 7) is 5.51. The second-order valence-electron chi connectivity index (χ2n) is 8.14. The average Bonchev–Trinajstić information content (AvgIpc) is 2.92. The van der Waals surface area contributed by atoms with Gasteiger partial charge in [-0.15, -0.1) is 0 Å². The summed E-state index contributed by atoms with van der Waals surface area (Å²) in [7, 11) is 4.12. The molecule has 2 aliphatic heterocycles. The molecule has 0 aliphatic carbocycles. The zero-order chi connectivity index (χ0) is 18.9. The number of hydrogen-bond donors (Lipinski definition) is 2. The van der Waals surface area contributed by atoms with Crippen LogP contribution in [-0.2, 0) is 25.2 Å².